The van der Waals surface area contributed by atoms with Crippen LogP contribution in [-0.2, 0) is 11.8 Å². The number of nitrogens with one attached hydrogen (secondary N) is 1. The molecule has 0 atom stereocenters. The van der Waals surface area contributed by atoms with Gasteiger partial charge in [-0.1, -0.05) is 16.9 Å². The van der Waals surface area contributed by atoms with E-state index in [9.17, 15) is 9.18 Å². The van der Waals surface area contributed by atoms with E-state index in [2.05, 4.69) is 25.2 Å². The number of rotatable bonds is 5. The molecule has 0 spiro atoms. The van der Waals surface area contributed by atoms with Gasteiger partial charge in [0.05, 0.1) is 5.75 Å². The maximum absolute atomic E-state index is 13.0. The van der Waals surface area contributed by atoms with Crippen molar-refractivity contribution < 1.29 is 13.7 Å². The molecule has 0 bridgehead atoms. The van der Waals surface area contributed by atoms with Crippen molar-refractivity contribution in [3.05, 3.63) is 42.4 Å². The van der Waals surface area contributed by atoms with Crippen LogP contribution in [0.1, 0.15) is 0 Å². The highest BCUT2D eigenvalue weighted by atomic mass is 32.2. The molecule has 1 amide bonds. The van der Waals surface area contributed by atoms with Crippen molar-refractivity contribution in [1.82, 2.24) is 19.9 Å². The Morgan fingerprint density at radius 1 is 1.30 bits per heavy atom. The molecule has 0 saturated carbocycles. The lowest BCUT2D eigenvalue weighted by Crippen LogP contribution is -2.14. The first-order valence-electron chi connectivity index (χ1n) is 6.62. The normalized spacial score (nSPS) is 10.7. The van der Waals surface area contributed by atoms with E-state index in [0.29, 0.717) is 16.8 Å². The van der Waals surface area contributed by atoms with Crippen LogP contribution in [0.25, 0.3) is 11.4 Å². The molecule has 0 saturated heterocycles. The van der Waals surface area contributed by atoms with Crippen LogP contribution in [0.15, 0.2) is 46.3 Å². The second-order valence-electron chi connectivity index (χ2n) is 4.59. The summed E-state index contributed by atoms with van der Waals surface area (Å²) < 4.78 is 19.4. The number of hydrogen-bond donors (Lipinski definition) is 1. The molecule has 3 rings (SSSR count). The summed E-state index contributed by atoms with van der Waals surface area (Å²) in [4.78, 5) is 11.8. The Bertz CT molecular complexity index is 801. The highest BCUT2D eigenvalue weighted by molar-refractivity contribution is 7.99. The Morgan fingerprint density at radius 2 is 2.09 bits per heavy atom. The van der Waals surface area contributed by atoms with Crippen LogP contribution in [0.2, 0.25) is 0 Å². The Labute approximate surface area is 134 Å². The van der Waals surface area contributed by atoms with Crippen molar-refractivity contribution in [3.63, 3.8) is 0 Å². The Hall–Kier alpha value is -2.68. The van der Waals surface area contributed by atoms with E-state index in [1.54, 1.807) is 29.8 Å². The smallest absolute Gasteiger partial charge is 0.236 e. The SMILES string of the molecule is Cn1c(SCC(=O)Nc2ccon2)nnc1-c1ccc(F)cc1. The summed E-state index contributed by atoms with van der Waals surface area (Å²) in [6.07, 6.45) is 1.38. The van der Waals surface area contributed by atoms with Gasteiger partial charge in [0.25, 0.3) is 0 Å². The number of carbonyl (C=O) groups is 1. The Balaban J connectivity index is 1.65. The van der Waals surface area contributed by atoms with Crippen LogP contribution in [0.3, 0.4) is 0 Å². The second kappa shape index (κ2) is 6.61. The molecule has 0 fully saturated rings. The van der Waals surface area contributed by atoms with Crippen molar-refractivity contribution >= 4 is 23.5 Å². The summed E-state index contributed by atoms with van der Waals surface area (Å²) >= 11 is 1.24. The molecule has 7 nitrogen and oxygen atoms in total. The second-order valence-corrected chi connectivity index (χ2v) is 5.54. The van der Waals surface area contributed by atoms with Crippen molar-refractivity contribution in [2.45, 2.75) is 5.16 Å². The molecular formula is C14H12FN5O2S. The van der Waals surface area contributed by atoms with Crippen molar-refractivity contribution in [2.75, 3.05) is 11.1 Å². The fraction of sp³-hybridized carbons (Fsp3) is 0.143. The van der Waals surface area contributed by atoms with Crippen LogP contribution in [-0.4, -0.2) is 31.6 Å². The summed E-state index contributed by atoms with van der Waals surface area (Å²) in [6.45, 7) is 0. The minimum absolute atomic E-state index is 0.155. The third-order valence-electron chi connectivity index (χ3n) is 2.97. The zero-order chi connectivity index (χ0) is 16.2. The van der Waals surface area contributed by atoms with Crippen LogP contribution in [0.5, 0.6) is 0 Å². The van der Waals surface area contributed by atoms with Crippen molar-refractivity contribution in [2.24, 2.45) is 7.05 Å². The molecule has 0 unspecified atom stereocenters. The first-order valence-corrected chi connectivity index (χ1v) is 7.60. The summed E-state index contributed by atoms with van der Waals surface area (Å²) in [6, 6.07) is 7.54. The summed E-state index contributed by atoms with van der Waals surface area (Å²) in [5.41, 5.74) is 0.750. The number of anilines is 1. The maximum Gasteiger partial charge on any atom is 0.236 e. The summed E-state index contributed by atoms with van der Waals surface area (Å²) in [5.74, 6) is 0.581. The van der Waals surface area contributed by atoms with E-state index in [1.165, 1.54) is 30.2 Å². The van der Waals surface area contributed by atoms with Crippen LogP contribution in [0.4, 0.5) is 10.2 Å². The fourth-order valence-electron chi connectivity index (χ4n) is 1.88. The number of benzene rings is 1. The molecule has 0 radical (unpaired) electrons. The van der Waals surface area contributed by atoms with Gasteiger partial charge in [-0.2, -0.15) is 0 Å². The lowest BCUT2D eigenvalue weighted by molar-refractivity contribution is -0.113. The van der Waals surface area contributed by atoms with E-state index < -0.39 is 0 Å². The largest absolute Gasteiger partial charge is 0.363 e. The molecule has 3 aromatic rings. The highest BCUT2D eigenvalue weighted by Gasteiger charge is 2.13. The standard InChI is InChI=1S/C14H12FN5O2S/c1-20-13(9-2-4-10(15)5-3-9)17-18-14(20)23-8-12(21)16-11-6-7-22-19-11/h2-7H,8H2,1H3,(H,16,19,21). The molecule has 9 heteroatoms. The topological polar surface area (TPSA) is 85.8 Å². The number of nitrogens with zero attached hydrogens (tertiary/aromatic N) is 4. The zero-order valence-electron chi connectivity index (χ0n) is 12.1. The minimum atomic E-state index is -0.310. The Kier molecular flexibility index (Phi) is 4.38. The van der Waals surface area contributed by atoms with Crippen LogP contribution < -0.4 is 5.32 Å². The third kappa shape index (κ3) is 3.57. The number of carbonyl (C=O) groups excluding carboxylic acids is 1. The molecule has 0 aliphatic heterocycles. The first kappa shape index (κ1) is 15.2. The predicted octanol–water partition coefficient (Wildman–Crippen LogP) is 2.34. The average Bonchev–Trinajstić information content (AvgIpc) is 3.16. The monoisotopic (exact) mass is 333 g/mol. The zero-order valence-corrected chi connectivity index (χ0v) is 12.9. The molecule has 23 heavy (non-hydrogen) atoms. The quantitative estimate of drug-likeness (QED) is 0.721. The predicted molar refractivity (Wildman–Crippen MR) is 82.3 cm³/mol. The summed E-state index contributed by atoms with van der Waals surface area (Å²) in [7, 11) is 1.79. The molecule has 1 N–H and O–H groups in total. The number of hydrogen-bond acceptors (Lipinski definition) is 6. The molecule has 0 aliphatic rings. The minimum Gasteiger partial charge on any atom is -0.363 e. The lowest BCUT2D eigenvalue weighted by Gasteiger charge is -2.04. The van der Waals surface area contributed by atoms with Crippen LogP contribution in [0, 0.1) is 5.82 Å². The van der Waals surface area contributed by atoms with Gasteiger partial charge in [-0.15, -0.1) is 10.2 Å². The van der Waals surface area contributed by atoms with E-state index >= 15 is 0 Å². The van der Waals surface area contributed by atoms with Gasteiger partial charge in [0.2, 0.25) is 5.91 Å². The van der Waals surface area contributed by atoms with Gasteiger partial charge in [-0.3, -0.25) is 4.79 Å². The van der Waals surface area contributed by atoms with Gasteiger partial charge in [0.15, 0.2) is 16.8 Å². The third-order valence-corrected chi connectivity index (χ3v) is 4.00. The molecule has 1 aromatic carbocycles. The number of aromatic nitrogens is 4. The number of amides is 1. The highest BCUT2D eigenvalue weighted by Crippen LogP contribution is 2.22. The van der Waals surface area contributed by atoms with Gasteiger partial charge in [0.1, 0.15) is 12.1 Å². The van der Waals surface area contributed by atoms with Crippen LogP contribution >= 0.6 is 11.8 Å². The van der Waals surface area contributed by atoms with E-state index in [0.717, 1.165) is 5.56 Å². The lowest BCUT2D eigenvalue weighted by atomic mass is 10.2. The average molecular weight is 333 g/mol. The summed E-state index contributed by atoms with van der Waals surface area (Å²) in [5, 5.41) is 14.9. The van der Waals surface area contributed by atoms with Gasteiger partial charge in [0, 0.05) is 18.7 Å². The van der Waals surface area contributed by atoms with E-state index in [-0.39, 0.29) is 17.5 Å². The maximum atomic E-state index is 13.0. The molecular weight excluding hydrogens is 321 g/mol. The van der Waals surface area contributed by atoms with Crippen molar-refractivity contribution in [1.29, 1.82) is 0 Å². The van der Waals surface area contributed by atoms with E-state index in [1.807, 2.05) is 0 Å². The van der Waals surface area contributed by atoms with Crippen molar-refractivity contribution in [3.8, 4) is 11.4 Å². The molecule has 2 aromatic heterocycles. The number of halogens is 1. The van der Waals surface area contributed by atoms with E-state index in [4.69, 9.17) is 0 Å². The van der Waals surface area contributed by atoms with Gasteiger partial charge in [-0.25, -0.2) is 4.39 Å². The molecule has 118 valence electrons. The Morgan fingerprint density at radius 3 is 2.78 bits per heavy atom. The number of thioether (sulfide) groups is 1. The molecule has 0 aliphatic carbocycles. The van der Waals surface area contributed by atoms with Gasteiger partial charge in [-0.05, 0) is 24.3 Å². The molecule has 2 heterocycles. The fourth-order valence-corrected chi connectivity index (χ4v) is 2.59. The van der Waals surface area contributed by atoms with Gasteiger partial charge < -0.3 is 14.4 Å². The van der Waals surface area contributed by atoms with Gasteiger partial charge >= 0.3 is 0 Å². The first-order chi connectivity index (χ1) is 11.1.